The Balaban J connectivity index is 1.96. The predicted molar refractivity (Wildman–Crippen MR) is 81.0 cm³/mol. The first-order valence-corrected chi connectivity index (χ1v) is 7.55. The monoisotopic (exact) mass is 305 g/mol. The van der Waals surface area contributed by atoms with Crippen molar-refractivity contribution in [3.8, 4) is 0 Å². The quantitative estimate of drug-likeness (QED) is 0.763. The van der Waals surface area contributed by atoms with Gasteiger partial charge in [-0.1, -0.05) is 20.8 Å². The van der Waals surface area contributed by atoms with Gasteiger partial charge in [0.05, 0.1) is 10.7 Å². The lowest BCUT2D eigenvalue weighted by atomic mass is 9.98. The number of fused-ring (bicyclic) bond motifs is 1. The van der Waals surface area contributed by atoms with Crippen molar-refractivity contribution in [1.82, 2.24) is 4.98 Å². The van der Waals surface area contributed by atoms with E-state index in [1.165, 1.54) is 23.5 Å². The molecule has 3 nitrogen and oxygen atoms in total. The number of aliphatic hydroxyl groups is 1. The minimum Gasteiger partial charge on any atom is -0.458 e. The van der Waals surface area contributed by atoms with E-state index in [-0.39, 0.29) is 11.2 Å². The third kappa shape index (κ3) is 2.71. The van der Waals surface area contributed by atoms with Crippen molar-refractivity contribution in [1.29, 1.82) is 0 Å². The van der Waals surface area contributed by atoms with Crippen LogP contribution in [0.4, 0.5) is 4.39 Å². The molecule has 0 fully saturated rings. The molecule has 21 heavy (non-hydrogen) atoms. The van der Waals surface area contributed by atoms with Crippen molar-refractivity contribution in [3.63, 3.8) is 0 Å². The van der Waals surface area contributed by atoms with Crippen LogP contribution in [-0.2, 0) is 5.41 Å². The van der Waals surface area contributed by atoms with Gasteiger partial charge in [-0.15, -0.1) is 11.3 Å². The molecule has 0 aliphatic heterocycles. The van der Waals surface area contributed by atoms with E-state index in [1.807, 2.05) is 5.38 Å². The van der Waals surface area contributed by atoms with Crippen molar-refractivity contribution in [2.24, 2.45) is 0 Å². The van der Waals surface area contributed by atoms with Gasteiger partial charge >= 0.3 is 0 Å². The highest BCUT2D eigenvalue weighted by molar-refractivity contribution is 7.09. The maximum Gasteiger partial charge on any atom is 0.154 e. The van der Waals surface area contributed by atoms with Gasteiger partial charge in [0.1, 0.15) is 17.2 Å². The number of hydrogen-bond acceptors (Lipinski definition) is 4. The fourth-order valence-corrected chi connectivity index (χ4v) is 3.00. The molecule has 1 aromatic carbocycles. The Morgan fingerprint density at radius 2 is 2.05 bits per heavy atom. The van der Waals surface area contributed by atoms with Crippen molar-refractivity contribution < 1.29 is 13.9 Å². The number of thiazole rings is 1. The lowest BCUT2D eigenvalue weighted by Crippen LogP contribution is -2.11. The van der Waals surface area contributed by atoms with E-state index in [4.69, 9.17) is 4.42 Å². The second-order valence-electron chi connectivity index (χ2n) is 6.06. The Hall–Kier alpha value is -1.72. The van der Waals surface area contributed by atoms with E-state index in [0.29, 0.717) is 22.4 Å². The van der Waals surface area contributed by atoms with Crippen LogP contribution in [0.25, 0.3) is 11.0 Å². The minimum atomic E-state index is -0.937. The maximum absolute atomic E-state index is 13.2. The van der Waals surface area contributed by atoms with Crippen LogP contribution < -0.4 is 0 Å². The van der Waals surface area contributed by atoms with E-state index >= 15 is 0 Å². The Bertz CT molecular complexity index is 785. The number of aliphatic hydroxyl groups excluding tert-OH is 1. The molecule has 2 heterocycles. The van der Waals surface area contributed by atoms with Crippen LogP contribution in [-0.4, -0.2) is 10.1 Å². The number of nitrogens with zero attached hydrogens (tertiary/aromatic N) is 1. The molecule has 3 rings (SSSR count). The Morgan fingerprint density at radius 3 is 2.71 bits per heavy atom. The molecule has 3 aromatic rings. The molecule has 0 saturated heterocycles. The largest absolute Gasteiger partial charge is 0.458 e. The topological polar surface area (TPSA) is 46.3 Å². The van der Waals surface area contributed by atoms with E-state index < -0.39 is 6.10 Å². The number of hydrogen-bond donors (Lipinski definition) is 1. The van der Waals surface area contributed by atoms with Gasteiger partial charge in [0, 0.05) is 16.2 Å². The van der Waals surface area contributed by atoms with E-state index in [2.05, 4.69) is 25.8 Å². The van der Waals surface area contributed by atoms with E-state index in [0.717, 1.165) is 5.01 Å². The lowest BCUT2D eigenvalue weighted by Gasteiger charge is -2.13. The van der Waals surface area contributed by atoms with Gasteiger partial charge in [-0.3, -0.25) is 0 Å². The molecule has 1 atom stereocenters. The van der Waals surface area contributed by atoms with Gasteiger partial charge in [-0.25, -0.2) is 9.37 Å². The third-order valence-electron chi connectivity index (χ3n) is 3.21. The van der Waals surface area contributed by atoms with Crippen LogP contribution in [0.1, 0.15) is 43.3 Å². The minimum absolute atomic E-state index is 0.0559. The Labute approximate surface area is 126 Å². The fraction of sp³-hybridized carbons (Fsp3) is 0.312. The van der Waals surface area contributed by atoms with Gasteiger partial charge in [-0.2, -0.15) is 0 Å². The number of benzene rings is 1. The summed E-state index contributed by atoms with van der Waals surface area (Å²) in [6.45, 7) is 6.23. The summed E-state index contributed by atoms with van der Waals surface area (Å²) in [4.78, 5) is 4.48. The summed E-state index contributed by atoms with van der Waals surface area (Å²) < 4.78 is 18.8. The highest BCUT2D eigenvalue weighted by Gasteiger charge is 2.23. The predicted octanol–water partition coefficient (Wildman–Crippen LogP) is 4.41. The summed E-state index contributed by atoms with van der Waals surface area (Å²) in [5.74, 6) is 0.0503. The summed E-state index contributed by atoms with van der Waals surface area (Å²) in [5, 5.41) is 13.8. The highest BCUT2D eigenvalue weighted by Crippen LogP contribution is 2.32. The van der Waals surface area contributed by atoms with Crippen molar-refractivity contribution in [3.05, 3.63) is 51.9 Å². The Kier molecular flexibility index (Phi) is 3.34. The first-order valence-electron chi connectivity index (χ1n) is 6.67. The van der Waals surface area contributed by atoms with Crippen molar-refractivity contribution in [2.75, 3.05) is 0 Å². The van der Waals surface area contributed by atoms with Gasteiger partial charge < -0.3 is 9.52 Å². The zero-order valence-corrected chi connectivity index (χ0v) is 12.9. The van der Waals surface area contributed by atoms with Gasteiger partial charge in [0.15, 0.2) is 6.10 Å². The molecule has 0 saturated carbocycles. The molecule has 0 bridgehead atoms. The van der Waals surface area contributed by atoms with Crippen LogP contribution in [0.3, 0.4) is 0 Å². The first kappa shape index (κ1) is 14.2. The average Bonchev–Trinajstić information content (AvgIpc) is 3.03. The van der Waals surface area contributed by atoms with Gasteiger partial charge in [0.2, 0.25) is 0 Å². The van der Waals surface area contributed by atoms with Crippen LogP contribution in [0.2, 0.25) is 0 Å². The molecule has 0 aliphatic carbocycles. The van der Waals surface area contributed by atoms with Crippen LogP contribution in [0.15, 0.2) is 34.1 Å². The summed E-state index contributed by atoms with van der Waals surface area (Å²) in [6.07, 6.45) is -0.937. The summed E-state index contributed by atoms with van der Waals surface area (Å²) in [6, 6.07) is 5.93. The second-order valence-corrected chi connectivity index (χ2v) is 6.92. The molecule has 110 valence electrons. The summed E-state index contributed by atoms with van der Waals surface area (Å²) in [5.41, 5.74) is 1.06. The maximum atomic E-state index is 13.2. The normalized spacial score (nSPS) is 13.8. The molecule has 2 aromatic heterocycles. The summed E-state index contributed by atoms with van der Waals surface area (Å²) in [7, 11) is 0. The zero-order valence-electron chi connectivity index (χ0n) is 12.1. The number of aromatic nitrogens is 1. The smallest absolute Gasteiger partial charge is 0.154 e. The van der Waals surface area contributed by atoms with Crippen molar-refractivity contribution in [2.45, 2.75) is 32.3 Å². The number of halogens is 1. The third-order valence-corrected chi connectivity index (χ3v) is 4.50. The van der Waals surface area contributed by atoms with E-state index in [1.54, 1.807) is 12.1 Å². The average molecular weight is 305 g/mol. The molecule has 0 radical (unpaired) electrons. The number of furan rings is 1. The van der Waals surface area contributed by atoms with Crippen molar-refractivity contribution >= 4 is 22.3 Å². The van der Waals surface area contributed by atoms with Crippen LogP contribution >= 0.6 is 11.3 Å². The SMILES string of the molecule is CC(C)(C)c1nc(C(O)c2cc3cc(F)ccc3o2)cs1. The molecular weight excluding hydrogens is 289 g/mol. The van der Waals surface area contributed by atoms with Crippen LogP contribution in [0, 0.1) is 5.82 Å². The van der Waals surface area contributed by atoms with Gasteiger partial charge in [-0.05, 0) is 24.3 Å². The number of rotatable bonds is 2. The molecule has 0 aliphatic rings. The molecule has 1 N–H and O–H groups in total. The van der Waals surface area contributed by atoms with Crippen LogP contribution in [0.5, 0.6) is 0 Å². The second kappa shape index (κ2) is 4.93. The zero-order chi connectivity index (χ0) is 15.2. The Morgan fingerprint density at radius 1 is 1.29 bits per heavy atom. The van der Waals surface area contributed by atoms with Gasteiger partial charge in [0.25, 0.3) is 0 Å². The molecule has 1 unspecified atom stereocenters. The highest BCUT2D eigenvalue weighted by atomic mass is 32.1. The summed E-state index contributed by atoms with van der Waals surface area (Å²) >= 11 is 1.52. The molecule has 0 amide bonds. The molecule has 5 heteroatoms. The molecular formula is C16H16FNO2S. The fourth-order valence-electron chi connectivity index (χ4n) is 2.07. The molecule has 0 spiro atoms. The standard InChI is InChI=1S/C16H16FNO2S/c1-16(2,3)15-18-11(8-21-15)14(19)13-7-9-6-10(17)4-5-12(9)20-13/h4-8,14,19H,1-3H3. The first-order chi connectivity index (χ1) is 9.84. The van der Waals surface area contributed by atoms with E-state index in [9.17, 15) is 9.50 Å². The lowest BCUT2D eigenvalue weighted by molar-refractivity contribution is 0.188.